The highest BCUT2D eigenvalue weighted by Crippen LogP contribution is 2.22. The molecule has 1 aliphatic rings. The Morgan fingerprint density at radius 2 is 2.55 bits per heavy atom. The van der Waals surface area contributed by atoms with Crippen molar-refractivity contribution in [3.05, 3.63) is 10.1 Å². The second-order valence-electron chi connectivity index (χ2n) is 2.17. The molecule has 0 amide bonds. The van der Waals surface area contributed by atoms with E-state index >= 15 is 0 Å². The number of hydrogen-bond donors (Lipinski definition) is 1. The number of rotatable bonds is 1. The molecule has 0 saturated carbocycles. The molecule has 0 aromatic carbocycles. The second-order valence-corrected chi connectivity index (χ2v) is 2.17. The first kappa shape index (κ1) is 6.08. The van der Waals surface area contributed by atoms with E-state index in [0.717, 1.165) is 0 Å². The molecule has 2 rings (SSSR count). The molecule has 11 heavy (non-hydrogen) atoms. The van der Waals surface area contributed by atoms with E-state index in [1.165, 1.54) is 4.68 Å². The molecule has 0 spiro atoms. The maximum Gasteiger partial charge on any atom is 0.434 e. The maximum absolute atomic E-state index is 10.3. The Morgan fingerprint density at radius 3 is 3.27 bits per heavy atom. The largest absolute Gasteiger partial charge is 0.434 e. The summed E-state index contributed by atoms with van der Waals surface area (Å²) in [6, 6.07) is 0. The molecular formula is C4H5N5O2. The smallest absolute Gasteiger partial charge is 0.361 e. The third-order valence-electron chi connectivity index (χ3n) is 1.51. The Balaban J connectivity index is 2.50. The van der Waals surface area contributed by atoms with Gasteiger partial charge in [-0.2, -0.15) is 0 Å². The van der Waals surface area contributed by atoms with Crippen molar-refractivity contribution >= 4 is 11.6 Å². The van der Waals surface area contributed by atoms with Gasteiger partial charge in [-0.25, -0.2) is 4.68 Å². The zero-order chi connectivity index (χ0) is 7.84. The Morgan fingerprint density at radius 1 is 1.73 bits per heavy atom. The van der Waals surface area contributed by atoms with E-state index in [0.29, 0.717) is 18.9 Å². The standard InChI is InChI=1S/C4H5N5O2/c10-9(11)4-3-5-1-2-8(3)7-6-4/h5H,1-2H2. The van der Waals surface area contributed by atoms with Crippen molar-refractivity contribution in [2.45, 2.75) is 6.54 Å². The van der Waals surface area contributed by atoms with E-state index < -0.39 is 4.92 Å². The molecule has 1 aromatic rings. The molecule has 1 aliphatic heterocycles. The van der Waals surface area contributed by atoms with Crippen molar-refractivity contribution in [1.82, 2.24) is 15.0 Å². The predicted molar refractivity (Wildman–Crippen MR) is 35.2 cm³/mol. The molecule has 0 saturated heterocycles. The second kappa shape index (κ2) is 1.91. The van der Waals surface area contributed by atoms with E-state index in [4.69, 9.17) is 0 Å². The van der Waals surface area contributed by atoms with Crippen LogP contribution < -0.4 is 5.32 Å². The van der Waals surface area contributed by atoms with Crippen LogP contribution in [0.25, 0.3) is 0 Å². The fourth-order valence-electron chi connectivity index (χ4n) is 1.03. The van der Waals surface area contributed by atoms with Crippen LogP contribution in [-0.4, -0.2) is 26.5 Å². The first-order valence-electron chi connectivity index (χ1n) is 3.11. The first-order valence-corrected chi connectivity index (χ1v) is 3.11. The summed E-state index contributed by atoms with van der Waals surface area (Å²) in [5.74, 6) is 0.220. The summed E-state index contributed by atoms with van der Waals surface area (Å²) in [6.07, 6.45) is 0. The van der Waals surface area contributed by atoms with Crippen LogP contribution in [0.15, 0.2) is 0 Å². The van der Waals surface area contributed by atoms with Crippen LogP contribution in [0.5, 0.6) is 0 Å². The van der Waals surface area contributed by atoms with Crippen LogP contribution in [0.4, 0.5) is 11.6 Å². The van der Waals surface area contributed by atoms with E-state index in [1.54, 1.807) is 0 Å². The fraction of sp³-hybridized carbons (Fsp3) is 0.500. The molecule has 58 valence electrons. The average Bonchev–Trinajstić information content (AvgIpc) is 2.41. The van der Waals surface area contributed by atoms with Gasteiger partial charge in [-0.1, -0.05) is 0 Å². The molecule has 1 aromatic heterocycles. The molecule has 0 atom stereocenters. The number of nitrogens with zero attached hydrogens (tertiary/aromatic N) is 4. The Bertz CT molecular complexity index is 305. The summed E-state index contributed by atoms with van der Waals surface area (Å²) in [6.45, 7) is 1.34. The summed E-state index contributed by atoms with van der Waals surface area (Å²) in [5.41, 5.74) is 0. The van der Waals surface area contributed by atoms with Crippen LogP contribution in [0.1, 0.15) is 0 Å². The molecule has 7 nitrogen and oxygen atoms in total. The molecule has 0 fully saturated rings. The van der Waals surface area contributed by atoms with Gasteiger partial charge in [-0.3, -0.25) is 0 Å². The summed E-state index contributed by atoms with van der Waals surface area (Å²) < 4.78 is 1.48. The minimum Gasteiger partial charge on any atom is -0.361 e. The molecule has 2 heterocycles. The van der Waals surface area contributed by atoms with Crippen molar-refractivity contribution in [2.24, 2.45) is 0 Å². The number of fused-ring (bicyclic) bond motifs is 1. The van der Waals surface area contributed by atoms with Crippen LogP contribution >= 0.6 is 0 Å². The van der Waals surface area contributed by atoms with Gasteiger partial charge in [0.15, 0.2) is 0 Å². The van der Waals surface area contributed by atoms with Crippen molar-refractivity contribution in [3.8, 4) is 0 Å². The van der Waals surface area contributed by atoms with Crippen LogP contribution in [0, 0.1) is 10.1 Å². The molecule has 0 aliphatic carbocycles. The summed E-state index contributed by atoms with van der Waals surface area (Å²) in [7, 11) is 0. The Hall–Kier alpha value is -1.66. The van der Waals surface area contributed by atoms with Gasteiger partial charge < -0.3 is 15.4 Å². The molecule has 0 unspecified atom stereocenters. The van der Waals surface area contributed by atoms with E-state index in [9.17, 15) is 10.1 Å². The van der Waals surface area contributed by atoms with E-state index in [1.807, 2.05) is 0 Å². The van der Waals surface area contributed by atoms with Crippen molar-refractivity contribution < 1.29 is 4.92 Å². The lowest BCUT2D eigenvalue weighted by Gasteiger charge is -1.90. The van der Waals surface area contributed by atoms with Crippen molar-refractivity contribution in [2.75, 3.05) is 11.9 Å². The third kappa shape index (κ3) is 0.736. The highest BCUT2D eigenvalue weighted by Gasteiger charge is 2.26. The van der Waals surface area contributed by atoms with Crippen LogP contribution in [-0.2, 0) is 6.54 Å². The van der Waals surface area contributed by atoms with Gasteiger partial charge in [0.2, 0.25) is 5.82 Å². The van der Waals surface area contributed by atoms with E-state index in [2.05, 4.69) is 15.6 Å². The topological polar surface area (TPSA) is 85.9 Å². The molecule has 0 bridgehead atoms. The van der Waals surface area contributed by atoms with Gasteiger partial charge in [0.05, 0.1) is 11.8 Å². The van der Waals surface area contributed by atoms with Gasteiger partial charge in [-0.05, 0) is 4.92 Å². The predicted octanol–water partition coefficient (Wildman–Crippen LogP) is -0.388. The zero-order valence-corrected chi connectivity index (χ0v) is 5.52. The zero-order valence-electron chi connectivity index (χ0n) is 5.52. The molecular weight excluding hydrogens is 150 g/mol. The van der Waals surface area contributed by atoms with Gasteiger partial charge in [0.1, 0.15) is 5.10 Å². The van der Waals surface area contributed by atoms with Crippen molar-refractivity contribution in [1.29, 1.82) is 0 Å². The Kier molecular flexibility index (Phi) is 1.05. The van der Waals surface area contributed by atoms with Gasteiger partial charge in [-0.15, -0.1) is 0 Å². The average molecular weight is 155 g/mol. The van der Waals surface area contributed by atoms with E-state index in [-0.39, 0.29) is 5.82 Å². The lowest BCUT2D eigenvalue weighted by atomic mass is 10.6. The summed E-state index contributed by atoms with van der Waals surface area (Å²) >= 11 is 0. The number of anilines is 1. The minimum absolute atomic E-state index is 0.192. The van der Waals surface area contributed by atoms with Crippen LogP contribution in [0.3, 0.4) is 0 Å². The normalized spacial score (nSPS) is 14.2. The maximum atomic E-state index is 10.3. The quantitative estimate of drug-likeness (QED) is 0.441. The fourth-order valence-corrected chi connectivity index (χ4v) is 1.03. The highest BCUT2D eigenvalue weighted by atomic mass is 16.6. The highest BCUT2D eigenvalue weighted by molar-refractivity contribution is 5.52. The molecule has 7 heteroatoms. The summed E-state index contributed by atoms with van der Waals surface area (Å²) in [4.78, 5) is 9.73. The summed E-state index contributed by atoms with van der Waals surface area (Å²) in [5, 5.41) is 20.1. The third-order valence-corrected chi connectivity index (χ3v) is 1.51. The monoisotopic (exact) mass is 155 g/mol. The van der Waals surface area contributed by atoms with Gasteiger partial charge >= 0.3 is 5.82 Å². The molecule has 1 N–H and O–H groups in total. The number of hydrogen-bond acceptors (Lipinski definition) is 5. The van der Waals surface area contributed by atoms with Gasteiger partial charge in [0, 0.05) is 6.54 Å². The number of nitrogens with one attached hydrogen (secondary N) is 1. The van der Waals surface area contributed by atoms with Gasteiger partial charge in [0.25, 0.3) is 0 Å². The Labute approximate surface area is 61.2 Å². The van der Waals surface area contributed by atoms with Crippen LogP contribution in [0.2, 0.25) is 0 Å². The lowest BCUT2D eigenvalue weighted by Crippen LogP contribution is -1.98. The minimum atomic E-state index is -0.544. The van der Waals surface area contributed by atoms with Crippen molar-refractivity contribution in [3.63, 3.8) is 0 Å². The first-order chi connectivity index (χ1) is 5.29. The lowest BCUT2D eigenvalue weighted by molar-refractivity contribution is -0.388. The molecule has 0 radical (unpaired) electrons. The number of aromatic nitrogens is 3. The number of nitro groups is 1. The SMILES string of the molecule is O=[N+]([O-])c1nnn2c1NCC2.